The van der Waals surface area contributed by atoms with E-state index in [0.717, 1.165) is 0 Å². The van der Waals surface area contributed by atoms with Crippen molar-refractivity contribution in [3.63, 3.8) is 0 Å². The Labute approximate surface area is 52.7 Å². The van der Waals surface area contributed by atoms with Crippen molar-refractivity contribution >= 4 is 0 Å². The van der Waals surface area contributed by atoms with E-state index in [1.54, 1.807) is 12.3 Å². The van der Waals surface area contributed by atoms with Crippen molar-refractivity contribution < 1.29 is 4.42 Å². The Morgan fingerprint density at radius 3 is 2.89 bits per heavy atom. The molecule has 0 bridgehead atoms. The van der Waals surface area contributed by atoms with Crippen LogP contribution in [0.1, 0.15) is 0 Å². The third-order valence-electron chi connectivity index (χ3n) is 0.688. The van der Waals surface area contributed by atoms with Crippen LogP contribution >= 0.6 is 0 Å². The summed E-state index contributed by atoms with van der Waals surface area (Å²) in [6, 6.07) is 1.68. The molecule has 3 heteroatoms. The minimum Gasteiger partial charge on any atom is -0.471 e. The van der Waals surface area contributed by atoms with Gasteiger partial charge < -0.3 is 4.42 Å². The molecule has 0 fully saturated rings. The van der Waals surface area contributed by atoms with Crippen LogP contribution in [0.5, 0.6) is 0 Å². The molecule has 0 aliphatic carbocycles. The minimum atomic E-state index is 1.44. The van der Waals surface area contributed by atoms with Crippen LogP contribution in [0, 0.1) is 0 Å². The van der Waals surface area contributed by atoms with Crippen LogP contribution in [-0.4, -0.2) is 9.97 Å². The van der Waals surface area contributed by atoms with Gasteiger partial charge in [-0.25, -0.2) is 9.97 Å². The Bertz CT molecular complexity index is 133. The van der Waals surface area contributed by atoms with Gasteiger partial charge in [0.15, 0.2) is 0 Å². The van der Waals surface area contributed by atoms with Crippen LogP contribution in [0.25, 0.3) is 0 Å². The number of hydrogen-bond acceptors (Lipinski definition) is 3. The first-order chi connectivity index (χ1) is 4.50. The lowest BCUT2D eigenvalue weighted by Crippen LogP contribution is -1.59. The van der Waals surface area contributed by atoms with Gasteiger partial charge in [-0.3, -0.25) is 0 Å². The van der Waals surface area contributed by atoms with Crippen molar-refractivity contribution in [2.75, 3.05) is 0 Å². The highest BCUT2D eigenvalue weighted by Gasteiger charge is 1.59. The molecule has 1 aromatic rings. The number of nitrogens with zero attached hydrogens (tertiary/aromatic N) is 2. The summed E-state index contributed by atoms with van der Waals surface area (Å²) in [6.45, 7) is 0. The zero-order valence-electron chi connectivity index (χ0n) is 4.77. The highest BCUT2D eigenvalue weighted by atomic mass is 16.3. The molecule has 0 saturated heterocycles. The van der Waals surface area contributed by atoms with Crippen LogP contribution in [0.2, 0.25) is 0 Å². The van der Waals surface area contributed by atoms with Gasteiger partial charge >= 0.3 is 0 Å². The molecule has 9 heavy (non-hydrogen) atoms. The molecule has 0 aliphatic heterocycles. The standard InChI is InChI=1S/C6H6N2O/c1-2-7-6-8-3-5-9-4-1/h1-6H. The molecule has 1 aromatic heterocycles. The van der Waals surface area contributed by atoms with Gasteiger partial charge in [0, 0.05) is 6.20 Å². The normalized spacial score (nSPS) is 8.00. The summed E-state index contributed by atoms with van der Waals surface area (Å²) in [6.07, 6.45) is 7.55. The summed E-state index contributed by atoms with van der Waals surface area (Å²) in [5, 5.41) is 0. The van der Waals surface area contributed by atoms with Gasteiger partial charge in [0.05, 0.1) is 12.5 Å². The summed E-state index contributed by atoms with van der Waals surface area (Å²) >= 11 is 0. The van der Waals surface area contributed by atoms with E-state index in [-0.39, 0.29) is 0 Å². The quantitative estimate of drug-likeness (QED) is 0.519. The Hall–Kier alpha value is -1.38. The molecule has 0 N–H and O–H groups in total. The first-order valence-corrected chi connectivity index (χ1v) is 2.50. The van der Waals surface area contributed by atoms with Crippen LogP contribution < -0.4 is 0 Å². The first-order valence-electron chi connectivity index (χ1n) is 2.50. The number of rotatable bonds is 0. The van der Waals surface area contributed by atoms with E-state index in [0.29, 0.717) is 0 Å². The van der Waals surface area contributed by atoms with Gasteiger partial charge in [-0.2, -0.15) is 0 Å². The molecule has 0 spiro atoms. The summed E-state index contributed by atoms with van der Waals surface area (Å²) < 4.78 is 4.79. The van der Waals surface area contributed by atoms with Crippen LogP contribution in [0.3, 0.4) is 0 Å². The second-order valence-corrected chi connectivity index (χ2v) is 1.31. The van der Waals surface area contributed by atoms with E-state index < -0.39 is 0 Å². The highest BCUT2D eigenvalue weighted by Crippen LogP contribution is 1.72. The molecular formula is C6H6N2O. The molecule has 0 saturated carbocycles. The first kappa shape index (κ1) is 5.75. The molecule has 1 heterocycles. The van der Waals surface area contributed by atoms with E-state index >= 15 is 0 Å². The lowest BCUT2D eigenvalue weighted by atomic mass is 10.8. The van der Waals surface area contributed by atoms with Crippen molar-refractivity contribution in [3.05, 3.63) is 37.3 Å². The Kier molecular flexibility index (Phi) is 2.30. The Morgan fingerprint density at radius 1 is 1.00 bits per heavy atom. The third-order valence-corrected chi connectivity index (χ3v) is 0.688. The predicted octanol–water partition coefficient (Wildman–Crippen LogP) is 1.19. The van der Waals surface area contributed by atoms with Crippen LogP contribution in [0.4, 0.5) is 0 Å². The van der Waals surface area contributed by atoms with Gasteiger partial charge in [0.2, 0.25) is 0 Å². The molecule has 46 valence electrons. The second kappa shape index (κ2) is 3.60. The van der Waals surface area contributed by atoms with E-state index in [2.05, 4.69) is 9.97 Å². The van der Waals surface area contributed by atoms with Gasteiger partial charge in [-0.1, -0.05) is 0 Å². The van der Waals surface area contributed by atoms with Gasteiger partial charge in [0.1, 0.15) is 12.6 Å². The van der Waals surface area contributed by atoms with Crippen LogP contribution in [0.15, 0.2) is 41.7 Å². The minimum absolute atomic E-state index is 1.44. The molecule has 0 radical (unpaired) electrons. The lowest BCUT2D eigenvalue weighted by molar-refractivity contribution is 0.552. The number of aromatic nitrogens is 2. The van der Waals surface area contributed by atoms with E-state index in [4.69, 9.17) is 4.42 Å². The van der Waals surface area contributed by atoms with E-state index in [9.17, 15) is 0 Å². The van der Waals surface area contributed by atoms with E-state index in [1.165, 1.54) is 25.1 Å². The van der Waals surface area contributed by atoms with Crippen LogP contribution in [-0.2, 0) is 0 Å². The maximum absolute atomic E-state index is 4.79. The fraction of sp³-hybridized carbons (Fsp3) is 0. The summed E-state index contributed by atoms with van der Waals surface area (Å²) in [5.41, 5.74) is 0. The maximum atomic E-state index is 4.79. The molecule has 0 unspecified atom stereocenters. The average Bonchev–Trinajstić information content (AvgIpc) is 2.00. The predicted molar refractivity (Wildman–Crippen MR) is 31.9 cm³/mol. The van der Waals surface area contributed by atoms with Crippen molar-refractivity contribution in [1.29, 1.82) is 0 Å². The molecule has 1 rings (SSSR count). The average molecular weight is 122 g/mol. The molecule has 0 aromatic carbocycles. The fourth-order valence-corrected chi connectivity index (χ4v) is 0.361. The Balaban J connectivity index is 3.04. The molecule has 0 atom stereocenters. The maximum Gasteiger partial charge on any atom is 0.115 e. The second-order valence-electron chi connectivity index (χ2n) is 1.31. The van der Waals surface area contributed by atoms with Gasteiger partial charge in [0.25, 0.3) is 0 Å². The molecular weight excluding hydrogens is 116 g/mol. The molecule has 0 amide bonds. The SMILES string of the molecule is c1cncnccoc1. The van der Waals surface area contributed by atoms with Crippen molar-refractivity contribution in [3.8, 4) is 0 Å². The summed E-state index contributed by atoms with van der Waals surface area (Å²) in [7, 11) is 0. The van der Waals surface area contributed by atoms with Gasteiger partial charge in [-0.05, 0) is 6.07 Å². The largest absolute Gasteiger partial charge is 0.471 e. The van der Waals surface area contributed by atoms with Crippen molar-refractivity contribution in [2.24, 2.45) is 0 Å². The zero-order valence-corrected chi connectivity index (χ0v) is 4.77. The molecule has 0 aliphatic rings. The number of hydrogen-bond donors (Lipinski definition) is 0. The molecule has 3 nitrogen and oxygen atoms in total. The third kappa shape index (κ3) is 2.43. The van der Waals surface area contributed by atoms with E-state index in [1.807, 2.05) is 0 Å². The summed E-state index contributed by atoms with van der Waals surface area (Å²) in [5.74, 6) is 0. The Morgan fingerprint density at radius 2 is 1.89 bits per heavy atom. The van der Waals surface area contributed by atoms with Crippen molar-refractivity contribution in [1.82, 2.24) is 9.97 Å². The summed E-state index contributed by atoms with van der Waals surface area (Å²) in [4.78, 5) is 7.48. The lowest BCUT2D eigenvalue weighted by Gasteiger charge is -1.64. The van der Waals surface area contributed by atoms with Gasteiger partial charge in [-0.15, -0.1) is 0 Å². The fourth-order valence-electron chi connectivity index (χ4n) is 0.361. The topological polar surface area (TPSA) is 38.9 Å². The monoisotopic (exact) mass is 122 g/mol. The highest BCUT2D eigenvalue weighted by molar-refractivity contribution is 4.70. The zero-order chi connectivity index (χ0) is 6.36. The van der Waals surface area contributed by atoms with Crippen molar-refractivity contribution in [2.45, 2.75) is 0 Å². The smallest absolute Gasteiger partial charge is 0.115 e.